The summed E-state index contributed by atoms with van der Waals surface area (Å²) >= 11 is 2.84. The highest BCUT2D eigenvalue weighted by Crippen LogP contribution is 2.21. The summed E-state index contributed by atoms with van der Waals surface area (Å²) in [7, 11) is 0. The minimum atomic E-state index is -0.163. The Morgan fingerprint density at radius 3 is 2.58 bits per heavy atom. The van der Waals surface area contributed by atoms with Crippen molar-refractivity contribution < 1.29 is 4.79 Å². The second-order valence-corrected chi connectivity index (χ2v) is 7.34. The van der Waals surface area contributed by atoms with Crippen molar-refractivity contribution in [3.63, 3.8) is 0 Å². The summed E-state index contributed by atoms with van der Waals surface area (Å²) in [5, 5.41) is 12.8. The van der Waals surface area contributed by atoms with E-state index in [0.29, 0.717) is 0 Å². The van der Waals surface area contributed by atoms with Gasteiger partial charge in [0, 0.05) is 18.8 Å². The average Bonchev–Trinajstić information content (AvgIpc) is 3.01. The first-order chi connectivity index (χ1) is 11.6. The van der Waals surface area contributed by atoms with Gasteiger partial charge in [0.15, 0.2) is 4.34 Å². The Morgan fingerprint density at radius 1 is 1.29 bits per heavy atom. The van der Waals surface area contributed by atoms with Crippen molar-refractivity contribution in [3.8, 4) is 0 Å². The molecule has 0 bridgehead atoms. The van der Waals surface area contributed by atoms with Crippen LogP contribution in [0.5, 0.6) is 0 Å². The standard InChI is InChI=1S/C16H21N5OS2/c1-4-21(5-2)14-8-6-13(7-9-14)10-17-19-15(22)11-23-16-20-18-12(3)24-16/h6-10H,4-5,11H2,1-3H3,(H,19,22). The van der Waals surface area contributed by atoms with Gasteiger partial charge in [0.1, 0.15) is 5.01 Å². The van der Waals surface area contributed by atoms with Crippen LogP contribution in [0.3, 0.4) is 0 Å². The van der Waals surface area contributed by atoms with E-state index in [0.717, 1.165) is 28.0 Å². The SMILES string of the molecule is CCN(CC)c1ccc(C=NNC(=O)CSc2nnc(C)s2)cc1. The number of hydrogen-bond donors (Lipinski definition) is 1. The number of rotatable bonds is 8. The van der Waals surface area contributed by atoms with Gasteiger partial charge in [-0.05, 0) is 38.5 Å². The summed E-state index contributed by atoms with van der Waals surface area (Å²) in [6.07, 6.45) is 1.64. The zero-order valence-corrected chi connectivity index (χ0v) is 15.7. The maximum atomic E-state index is 11.7. The van der Waals surface area contributed by atoms with Crippen molar-refractivity contribution in [2.24, 2.45) is 5.10 Å². The molecule has 24 heavy (non-hydrogen) atoms. The van der Waals surface area contributed by atoms with Crippen LogP contribution in [-0.4, -0.2) is 41.2 Å². The molecule has 0 radical (unpaired) electrons. The molecular weight excluding hydrogens is 342 g/mol. The molecule has 0 saturated heterocycles. The molecule has 1 amide bonds. The Hall–Kier alpha value is -1.93. The van der Waals surface area contributed by atoms with Crippen molar-refractivity contribution in [2.75, 3.05) is 23.7 Å². The van der Waals surface area contributed by atoms with Crippen molar-refractivity contribution in [1.29, 1.82) is 0 Å². The molecule has 0 aliphatic rings. The van der Waals surface area contributed by atoms with Gasteiger partial charge in [-0.2, -0.15) is 5.10 Å². The summed E-state index contributed by atoms with van der Waals surface area (Å²) in [5.74, 6) is 0.108. The number of hydrazone groups is 1. The molecule has 0 spiro atoms. The van der Waals surface area contributed by atoms with E-state index in [4.69, 9.17) is 0 Å². The fraction of sp³-hybridized carbons (Fsp3) is 0.375. The van der Waals surface area contributed by atoms with Gasteiger partial charge >= 0.3 is 0 Å². The lowest BCUT2D eigenvalue weighted by atomic mass is 10.2. The third-order valence-corrected chi connectivity index (χ3v) is 5.23. The quantitative estimate of drug-likeness (QED) is 0.444. The van der Waals surface area contributed by atoms with Gasteiger partial charge in [0.05, 0.1) is 12.0 Å². The number of thioether (sulfide) groups is 1. The van der Waals surface area contributed by atoms with Crippen LogP contribution in [0.2, 0.25) is 0 Å². The van der Waals surface area contributed by atoms with Crippen LogP contribution in [-0.2, 0) is 4.79 Å². The first kappa shape index (κ1) is 18.4. The minimum absolute atomic E-state index is 0.163. The van der Waals surface area contributed by atoms with E-state index in [1.165, 1.54) is 28.8 Å². The highest BCUT2D eigenvalue weighted by Gasteiger charge is 2.05. The van der Waals surface area contributed by atoms with Gasteiger partial charge in [-0.3, -0.25) is 4.79 Å². The van der Waals surface area contributed by atoms with Crippen LogP contribution in [0, 0.1) is 6.92 Å². The number of aryl methyl sites for hydroxylation is 1. The van der Waals surface area contributed by atoms with Crippen molar-refractivity contribution >= 4 is 40.9 Å². The van der Waals surface area contributed by atoms with Crippen LogP contribution in [0.25, 0.3) is 0 Å². The molecule has 1 aromatic carbocycles. The Kier molecular flexibility index (Phi) is 7.20. The Labute approximate surface area is 150 Å². The van der Waals surface area contributed by atoms with Gasteiger partial charge in [-0.1, -0.05) is 35.2 Å². The Balaban J connectivity index is 1.79. The fourth-order valence-corrected chi connectivity index (χ4v) is 3.64. The zero-order chi connectivity index (χ0) is 17.4. The number of aromatic nitrogens is 2. The van der Waals surface area contributed by atoms with E-state index in [2.05, 4.69) is 51.6 Å². The minimum Gasteiger partial charge on any atom is -0.372 e. The summed E-state index contributed by atoms with van der Waals surface area (Å²) in [5.41, 5.74) is 4.65. The third kappa shape index (κ3) is 5.61. The smallest absolute Gasteiger partial charge is 0.250 e. The van der Waals surface area contributed by atoms with Crippen LogP contribution in [0.1, 0.15) is 24.4 Å². The van der Waals surface area contributed by atoms with E-state index in [-0.39, 0.29) is 11.7 Å². The number of hydrogen-bond acceptors (Lipinski definition) is 7. The van der Waals surface area contributed by atoms with E-state index in [1.807, 2.05) is 19.1 Å². The molecule has 0 saturated carbocycles. The van der Waals surface area contributed by atoms with Crippen molar-refractivity contribution in [3.05, 3.63) is 34.8 Å². The number of nitrogens with zero attached hydrogens (tertiary/aromatic N) is 4. The molecule has 8 heteroatoms. The monoisotopic (exact) mass is 363 g/mol. The van der Waals surface area contributed by atoms with Crippen LogP contribution in [0.4, 0.5) is 5.69 Å². The average molecular weight is 364 g/mol. The first-order valence-corrected chi connectivity index (χ1v) is 9.52. The predicted molar refractivity (Wildman–Crippen MR) is 101 cm³/mol. The summed E-state index contributed by atoms with van der Waals surface area (Å²) in [6.45, 7) is 8.11. The highest BCUT2D eigenvalue weighted by molar-refractivity contribution is 8.01. The van der Waals surface area contributed by atoms with Crippen LogP contribution in [0.15, 0.2) is 33.7 Å². The molecular formula is C16H21N5OS2. The van der Waals surface area contributed by atoms with Gasteiger partial charge in [0.25, 0.3) is 5.91 Å². The lowest BCUT2D eigenvalue weighted by Crippen LogP contribution is -2.21. The summed E-state index contributed by atoms with van der Waals surface area (Å²) < 4.78 is 0.790. The molecule has 128 valence electrons. The van der Waals surface area contributed by atoms with E-state index < -0.39 is 0 Å². The van der Waals surface area contributed by atoms with Crippen LogP contribution >= 0.6 is 23.1 Å². The number of anilines is 1. The Morgan fingerprint density at radius 2 is 2.00 bits per heavy atom. The zero-order valence-electron chi connectivity index (χ0n) is 14.0. The van der Waals surface area contributed by atoms with Gasteiger partial charge in [-0.25, -0.2) is 5.43 Å². The molecule has 0 atom stereocenters. The fourth-order valence-electron chi connectivity index (χ4n) is 2.04. The highest BCUT2D eigenvalue weighted by atomic mass is 32.2. The number of nitrogens with one attached hydrogen (secondary N) is 1. The molecule has 2 rings (SSSR count). The number of carbonyl (C=O) groups excluding carboxylic acids is 1. The molecule has 0 aliphatic carbocycles. The number of amides is 1. The number of carbonyl (C=O) groups is 1. The molecule has 2 aromatic rings. The summed E-state index contributed by atoms with van der Waals surface area (Å²) in [6, 6.07) is 8.10. The van der Waals surface area contributed by atoms with Crippen LogP contribution < -0.4 is 10.3 Å². The van der Waals surface area contributed by atoms with E-state index in [1.54, 1.807) is 6.21 Å². The maximum absolute atomic E-state index is 11.7. The lowest BCUT2D eigenvalue weighted by Gasteiger charge is -2.20. The topological polar surface area (TPSA) is 70.5 Å². The second kappa shape index (κ2) is 9.39. The normalized spacial score (nSPS) is 11.0. The largest absolute Gasteiger partial charge is 0.372 e. The summed E-state index contributed by atoms with van der Waals surface area (Å²) in [4.78, 5) is 14.0. The van der Waals surface area contributed by atoms with Crippen molar-refractivity contribution in [1.82, 2.24) is 15.6 Å². The number of benzene rings is 1. The van der Waals surface area contributed by atoms with Crippen molar-refractivity contribution in [2.45, 2.75) is 25.1 Å². The Bertz CT molecular complexity index is 680. The predicted octanol–water partition coefficient (Wildman–Crippen LogP) is 2.94. The molecule has 1 aromatic heterocycles. The van der Waals surface area contributed by atoms with Gasteiger partial charge < -0.3 is 4.90 Å². The molecule has 1 heterocycles. The van der Waals surface area contributed by atoms with E-state index in [9.17, 15) is 4.79 Å². The lowest BCUT2D eigenvalue weighted by molar-refractivity contribution is -0.118. The molecule has 1 N–H and O–H groups in total. The molecule has 0 fully saturated rings. The molecule has 0 aliphatic heterocycles. The van der Waals surface area contributed by atoms with Gasteiger partial charge in [0.2, 0.25) is 0 Å². The van der Waals surface area contributed by atoms with Gasteiger partial charge in [-0.15, -0.1) is 10.2 Å². The molecule has 0 unspecified atom stereocenters. The third-order valence-electron chi connectivity index (χ3n) is 3.26. The second-order valence-electron chi connectivity index (χ2n) is 4.93. The molecule has 6 nitrogen and oxygen atoms in total. The van der Waals surface area contributed by atoms with E-state index >= 15 is 0 Å². The first-order valence-electron chi connectivity index (χ1n) is 7.72. The maximum Gasteiger partial charge on any atom is 0.250 e.